The van der Waals surface area contributed by atoms with Crippen LogP contribution in [0.1, 0.15) is 30.3 Å². The van der Waals surface area contributed by atoms with Crippen molar-refractivity contribution >= 4 is 32.8 Å². The van der Waals surface area contributed by atoms with E-state index in [-0.39, 0.29) is 0 Å². The molecule has 31 heavy (non-hydrogen) atoms. The van der Waals surface area contributed by atoms with Gasteiger partial charge in [-0.3, -0.25) is 0 Å². The Bertz CT molecular complexity index is 1180. The lowest BCUT2D eigenvalue weighted by atomic mass is 10.2. The van der Waals surface area contributed by atoms with E-state index >= 15 is 0 Å². The lowest BCUT2D eigenvalue weighted by molar-refractivity contribution is 0.0730. The summed E-state index contributed by atoms with van der Waals surface area (Å²) < 4.78 is 35.1. The molecule has 166 valence electrons. The van der Waals surface area contributed by atoms with Crippen LogP contribution in [-0.4, -0.2) is 48.6 Å². The number of hydrogen-bond donors (Lipinski definition) is 0. The minimum Gasteiger partial charge on any atom is -0.379 e. The van der Waals surface area contributed by atoms with Gasteiger partial charge in [-0.05, 0) is 50.1 Å². The van der Waals surface area contributed by atoms with Crippen molar-refractivity contribution in [3.8, 4) is 0 Å². The summed E-state index contributed by atoms with van der Waals surface area (Å²) in [6, 6.07) is 11.8. The second kappa shape index (κ2) is 9.32. The van der Waals surface area contributed by atoms with Crippen molar-refractivity contribution in [2.45, 2.75) is 49.3 Å². The standard InChI is InChI=1S/C23H29N3O3S2/c1-4-9-26-21-7-6-19(31(27,28)25-10-12-29-13-11-25)15-20(21)24-23(26)16-30-22-8-5-17(2)14-18(22)3/h5-8,14-15H,4,9-13,16H2,1-3H3. The molecule has 0 unspecified atom stereocenters. The predicted octanol–water partition coefficient (Wildman–Crippen LogP) is 4.38. The summed E-state index contributed by atoms with van der Waals surface area (Å²) in [5.41, 5.74) is 4.24. The molecule has 3 aromatic rings. The molecular formula is C23H29N3O3S2. The maximum absolute atomic E-state index is 13.1. The minimum atomic E-state index is -3.54. The van der Waals surface area contributed by atoms with Crippen LogP contribution in [0.4, 0.5) is 0 Å². The Balaban J connectivity index is 1.65. The SMILES string of the molecule is CCCn1c(CSc2ccc(C)cc2C)nc2cc(S(=O)(=O)N3CCOCC3)ccc21. The first-order valence-electron chi connectivity index (χ1n) is 10.7. The van der Waals surface area contributed by atoms with E-state index in [0.29, 0.717) is 31.2 Å². The Kier molecular flexibility index (Phi) is 6.71. The molecule has 0 saturated carbocycles. The zero-order valence-corrected chi connectivity index (χ0v) is 19.9. The highest BCUT2D eigenvalue weighted by molar-refractivity contribution is 7.98. The molecule has 0 N–H and O–H groups in total. The Morgan fingerprint density at radius 2 is 1.87 bits per heavy atom. The summed E-state index contributed by atoms with van der Waals surface area (Å²) in [6.45, 7) is 8.89. The van der Waals surface area contributed by atoms with Gasteiger partial charge in [0.15, 0.2) is 0 Å². The molecule has 1 aliphatic rings. The maximum atomic E-state index is 13.1. The van der Waals surface area contributed by atoms with Gasteiger partial charge in [-0.2, -0.15) is 4.31 Å². The van der Waals surface area contributed by atoms with Crippen LogP contribution in [0, 0.1) is 13.8 Å². The lowest BCUT2D eigenvalue weighted by Crippen LogP contribution is -2.40. The molecule has 0 amide bonds. The van der Waals surface area contributed by atoms with Crippen molar-refractivity contribution in [3.63, 3.8) is 0 Å². The Hall–Kier alpha value is -1.87. The number of hydrogen-bond acceptors (Lipinski definition) is 5. The summed E-state index contributed by atoms with van der Waals surface area (Å²) in [4.78, 5) is 6.40. The Labute approximate surface area is 188 Å². The zero-order chi connectivity index (χ0) is 22.0. The van der Waals surface area contributed by atoms with Gasteiger partial charge in [-0.25, -0.2) is 13.4 Å². The molecule has 0 aliphatic carbocycles. The van der Waals surface area contributed by atoms with E-state index in [2.05, 4.69) is 43.5 Å². The number of ether oxygens (including phenoxy) is 1. The summed E-state index contributed by atoms with van der Waals surface area (Å²) in [7, 11) is -3.54. The number of aromatic nitrogens is 2. The van der Waals surface area contributed by atoms with E-state index in [1.807, 2.05) is 6.07 Å². The van der Waals surface area contributed by atoms with E-state index in [9.17, 15) is 8.42 Å². The van der Waals surface area contributed by atoms with Crippen LogP contribution in [0.2, 0.25) is 0 Å². The highest BCUT2D eigenvalue weighted by Crippen LogP contribution is 2.29. The third-order valence-electron chi connectivity index (χ3n) is 5.54. The van der Waals surface area contributed by atoms with Crippen molar-refractivity contribution < 1.29 is 13.2 Å². The second-order valence-corrected chi connectivity index (χ2v) is 10.9. The van der Waals surface area contributed by atoms with E-state index < -0.39 is 10.0 Å². The summed E-state index contributed by atoms with van der Waals surface area (Å²) >= 11 is 1.77. The molecular weight excluding hydrogens is 430 g/mol. The smallest absolute Gasteiger partial charge is 0.243 e. The number of sulfonamides is 1. The van der Waals surface area contributed by atoms with E-state index in [0.717, 1.165) is 35.6 Å². The number of fused-ring (bicyclic) bond motifs is 1. The van der Waals surface area contributed by atoms with Gasteiger partial charge in [-0.1, -0.05) is 24.6 Å². The van der Waals surface area contributed by atoms with Crippen LogP contribution in [0.3, 0.4) is 0 Å². The average Bonchev–Trinajstić information content (AvgIpc) is 3.11. The first-order valence-corrected chi connectivity index (χ1v) is 13.1. The van der Waals surface area contributed by atoms with Crippen molar-refractivity contribution in [2.75, 3.05) is 26.3 Å². The van der Waals surface area contributed by atoms with Crippen molar-refractivity contribution in [1.82, 2.24) is 13.9 Å². The molecule has 0 atom stereocenters. The third kappa shape index (κ3) is 4.67. The summed E-state index contributed by atoms with van der Waals surface area (Å²) in [5, 5.41) is 0. The fraction of sp³-hybridized carbons (Fsp3) is 0.435. The van der Waals surface area contributed by atoms with Crippen molar-refractivity contribution in [2.24, 2.45) is 0 Å². The summed E-state index contributed by atoms with van der Waals surface area (Å²) in [5.74, 6) is 1.71. The normalized spacial score (nSPS) is 15.6. The average molecular weight is 460 g/mol. The number of morpholine rings is 1. The van der Waals surface area contributed by atoms with E-state index in [1.165, 1.54) is 20.3 Å². The number of imidazole rings is 1. The molecule has 1 fully saturated rings. The molecule has 2 heterocycles. The first kappa shape index (κ1) is 22.3. The maximum Gasteiger partial charge on any atom is 0.243 e. The van der Waals surface area contributed by atoms with Gasteiger partial charge < -0.3 is 9.30 Å². The van der Waals surface area contributed by atoms with Crippen molar-refractivity contribution in [1.29, 1.82) is 0 Å². The highest BCUT2D eigenvalue weighted by Gasteiger charge is 2.27. The molecule has 0 spiro atoms. The first-order chi connectivity index (χ1) is 14.9. The molecule has 6 nitrogen and oxygen atoms in total. The second-order valence-electron chi connectivity index (χ2n) is 7.90. The molecule has 0 radical (unpaired) electrons. The molecule has 0 bridgehead atoms. The van der Waals surface area contributed by atoms with Gasteiger partial charge in [0.1, 0.15) is 5.82 Å². The molecule has 1 saturated heterocycles. The van der Waals surface area contributed by atoms with Crippen LogP contribution >= 0.6 is 11.8 Å². The van der Waals surface area contributed by atoms with Gasteiger partial charge in [0.05, 0.1) is 34.9 Å². The molecule has 4 rings (SSSR count). The van der Waals surface area contributed by atoms with Crippen LogP contribution in [-0.2, 0) is 27.1 Å². The van der Waals surface area contributed by atoms with Gasteiger partial charge in [-0.15, -0.1) is 11.8 Å². The Morgan fingerprint density at radius 1 is 1.10 bits per heavy atom. The highest BCUT2D eigenvalue weighted by atomic mass is 32.2. The van der Waals surface area contributed by atoms with Gasteiger partial charge in [0.2, 0.25) is 10.0 Å². The van der Waals surface area contributed by atoms with Crippen LogP contribution in [0.25, 0.3) is 11.0 Å². The molecule has 1 aliphatic heterocycles. The van der Waals surface area contributed by atoms with Crippen LogP contribution in [0.15, 0.2) is 46.2 Å². The number of benzene rings is 2. The predicted molar refractivity (Wildman–Crippen MR) is 125 cm³/mol. The number of thioether (sulfide) groups is 1. The van der Waals surface area contributed by atoms with E-state index in [1.54, 1.807) is 23.9 Å². The van der Waals surface area contributed by atoms with Gasteiger partial charge in [0, 0.05) is 24.5 Å². The van der Waals surface area contributed by atoms with Crippen LogP contribution < -0.4 is 0 Å². The molecule has 1 aromatic heterocycles. The van der Waals surface area contributed by atoms with Crippen molar-refractivity contribution in [3.05, 3.63) is 53.3 Å². The van der Waals surface area contributed by atoms with Gasteiger partial charge >= 0.3 is 0 Å². The topological polar surface area (TPSA) is 64.4 Å². The number of nitrogens with zero attached hydrogens (tertiary/aromatic N) is 3. The Morgan fingerprint density at radius 3 is 2.58 bits per heavy atom. The minimum absolute atomic E-state index is 0.302. The third-order valence-corrected chi connectivity index (χ3v) is 8.61. The number of aryl methyl sites for hydroxylation is 3. The molecule has 2 aromatic carbocycles. The summed E-state index contributed by atoms with van der Waals surface area (Å²) in [6.07, 6.45) is 0.987. The monoisotopic (exact) mass is 459 g/mol. The van der Waals surface area contributed by atoms with Gasteiger partial charge in [0.25, 0.3) is 0 Å². The van der Waals surface area contributed by atoms with Crippen LogP contribution in [0.5, 0.6) is 0 Å². The molecule has 8 heteroatoms. The quantitative estimate of drug-likeness (QED) is 0.491. The number of rotatable bonds is 7. The lowest BCUT2D eigenvalue weighted by Gasteiger charge is -2.26. The largest absolute Gasteiger partial charge is 0.379 e. The fourth-order valence-corrected chi connectivity index (χ4v) is 6.33. The zero-order valence-electron chi connectivity index (χ0n) is 18.3. The fourth-order valence-electron chi connectivity index (χ4n) is 3.94. The van der Waals surface area contributed by atoms with E-state index in [4.69, 9.17) is 9.72 Å².